The van der Waals surface area contributed by atoms with Crippen LogP contribution in [-0.4, -0.2) is 16.7 Å². The summed E-state index contributed by atoms with van der Waals surface area (Å²) in [7, 11) is 0. The summed E-state index contributed by atoms with van der Waals surface area (Å²) in [5.74, 6) is 0.573. The topological polar surface area (TPSA) is 62.0 Å². The van der Waals surface area contributed by atoms with Gasteiger partial charge in [-0.15, -0.1) is 0 Å². The van der Waals surface area contributed by atoms with E-state index in [0.717, 1.165) is 48.1 Å². The van der Waals surface area contributed by atoms with Crippen LogP contribution >= 0.6 is 0 Å². The van der Waals surface area contributed by atoms with Gasteiger partial charge in [0, 0.05) is 17.7 Å². The molecule has 1 aromatic carbocycles. The van der Waals surface area contributed by atoms with Crippen LogP contribution in [0.2, 0.25) is 0 Å². The molecule has 2 N–H and O–H groups in total. The van der Waals surface area contributed by atoms with Crippen LogP contribution in [0.3, 0.4) is 0 Å². The SMILES string of the molecule is Cc1c(C(=O)NC(c2ccccc2)C2CC2)[nH]c2c1C(=O)CCC2. The van der Waals surface area contributed by atoms with Crippen molar-refractivity contribution in [2.45, 2.75) is 45.1 Å². The van der Waals surface area contributed by atoms with Crippen molar-refractivity contribution < 1.29 is 9.59 Å². The Hall–Kier alpha value is -2.36. The highest BCUT2D eigenvalue weighted by molar-refractivity contribution is 6.04. The van der Waals surface area contributed by atoms with Crippen LogP contribution in [-0.2, 0) is 6.42 Å². The number of aromatic amines is 1. The Morgan fingerprint density at radius 1 is 1.21 bits per heavy atom. The van der Waals surface area contributed by atoms with Crippen molar-refractivity contribution in [3.05, 3.63) is 58.4 Å². The average Bonchev–Trinajstić information content (AvgIpc) is 3.37. The minimum atomic E-state index is -0.101. The highest BCUT2D eigenvalue weighted by atomic mass is 16.2. The number of carbonyl (C=O) groups is 2. The Kier molecular flexibility index (Phi) is 3.75. The van der Waals surface area contributed by atoms with E-state index in [2.05, 4.69) is 22.4 Å². The Bertz CT molecular complexity index is 787. The fraction of sp³-hybridized carbons (Fsp3) is 0.400. The van der Waals surface area contributed by atoms with Crippen molar-refractivity contribution in [1.82, 2.24) is 10.3 Å². The van der Waals surface area contributed by atoms with E-state index in [-0.39, 0.29) is 17.7 Å². The first kappa shape index (κ1) is 15.2. The maximum absolute atomic E-state index is 12.9. The van der Waals surface area contributed by atoms with Crippen molar-refractivity contribution in [3.63, 3.8) is 0 Å². The minimum absolute atomic E-state index is 0.0501. The van der Waals surface area contributed by atoms with E-state index in [1.54, 1.807) is 0 Å². The number of amides is 1. The number of Topliss-reactive ketones (excluding diaryl/α,β-unsaturated/α-hetero) is 1. The Morgan fingerprint density at radius 2 is 1.96 bits per heavy atom. The number of aromatic nitrogens is 1. The summed E-state index contributed by atoms with van der Waals surface area (Å²) in [6.07, 6.45) is 4.60. The number of fused-ring (bicyclic) bond motifs is 1. The van der Waals surface area contributed by atoms with Crippen LogP contribution in [0.5, 0.6) is 0 Å². The van der Waals surface area contributed by atoms with E-state index in [4.69, 9.17) is 0 Å². The molecule has 124 valence electrons. The molecule has 1 heterocycles. The molecule has 2 aliphatic rings. The summed E-state index contributed by atoms with van der Waals surface area (Å²) >= 11 is 0. The molecule has 0 radical (unpaired) electrons. The Morgan fingerprint density at radius 3 is 2.62 bits per heavy atom. The van der Waals surface area contributed by atoms with Crippen molar-refractivity contribution in [3.8, 4) is 0 Å². The number of H-pyrrole nitrogens is 1. The zero-order valence-corrected chi connectivity index (χ0v) is 13.9. The predicted molar refractivity (Wildman–Crippen MR) is 92.2 cm³/mol. The third-order valence-corrected chi connectivity index (χ3v) is 5.20. The summed E-state index contributed by atoms with van der Waals surface area (Å²) in [5, 5.41) is 3.19. The van der Waals surface area contributed by atoms with Crippen LogP contribution in [0.4, 0.5) is 0 Å². The van der Waals surface area contributed by atoms with Crippen molar-refractivity contribution in [1.29, 1.82) is 0 Å². The van der Waals surface area contributed by atoms with Gasteiger partial charge in [-0.25, -0.2) is 0 Å². The number of hydrogen-bond acceptors (Lipinski definition) is 2. The molecule has 0 spiro atoms. The van der Waals surface area contributed by atoms with Gasteiger partial charge in [0.25, 0.3) is 5.91 Å². The average molecular weight is 322 g/mol. The molecule has 0 aliphatic heterocycles. The van der Waals surface area contributed by atoms with Gasteiger partial charge in [0.1, 0.15) is 5.69 Å². The molecule has 1 fully saturated rings. The van der Waals surface area contributed by atoms with Crippen molar-refractivity contribution in [2.24, 2.45) is 5.92 Å². The monoisotopic (exact) mass is 322 g/mol. The first-order valence-corrected chi connectivity index (χ1v) is 8.75. The molecule has 2 aromatic rings. The molecule has 1 aromatic heterocycles. The third kappa shape index (κ3) is 2.66. The second-order valence-electron chi connectivity index (χ2n) is 6.95. The molecule has 1 unspecified atom stereocenters. The van der Waals surface area contributed by atoms with Gasteiger partial charge < -0.3 is 10.3 Å². The molecule has 4 nitrogen and oxygen atoms in total. The van der Waals surface area contributed by atoms with Gasteiger partial charge in [0.2, 0.25) is 0 Å². The van der Waals surface area contributed by atoms with Crippen molar-refractivity contribution >= 4 is 11.7 Å². The number of rotatable bonds is 4. The summed E-state index contributed by atoms with van der Waals surface area (Å²) in [5.41, 5.74) is 4.18. The standard InChI is InChI=1S/C20H22N2O2/c1-12-17-15(8-5-9-16(17)23)21-18(12)20(24)22-19(14-10-11-14)13-6-3-2-4-7-13/h2-4,6-7,14,19,21H,5,8-11H2,1H3,(H,22,24). The molecular weight excluding hydrogens is 300 g/mol. The van der Waals surface area contributed by atoms with Gasteiger partial charge >= 0.3 is 0 Å². The zero-order valence-electron chi connectivity index (χ0n) is 13.9. The highest BCUT2D eigenvalue weighted by Crippen LogP contribution is 2.41. The van der Waals surface area contributed by atoms with Crippen LogP contribution in [0.25, 0.3) is 0 Å². The van der Waals surface area contributed by atoms with Crippen molar-refractivity contribution in [2.75, 3.05) is 0 Å². The van der Waals surface area contributed by atoms with Gasteiger partial charge in [-0.1, -0.05) is 30.3 Å². The Labute approximate surface area is 141 Å². The van der Waals surface area contributed by atoms with E-state index in [0.29, 0.717) is 18.0 Å². The molecule has 1 amide bonds. The summed E-state index contributed by atoms with van der Waals surface area (Å²) in [4.78, 5) is 28.2. The fourth-order valence-corrected chi connectivity index (χ4v) is 3.78. The zero-order chi connectivity index (χ0) is 16.7. The molecule has 4 rings (SSSR count). The molecule has 1 saturated carbocycles. The lowest BCUT2D eigenvalue weighted by atomic mass is 9.93. The van der Waals surface area contributed by atoms with E-state index in [1.807, 2.05) is 25.1 Å². The van der Waals surface area contributed by atoms with E-state index in [1.165, 1.54) is 0 Å². The molecular formula is C20H22N2O2. The number of ketones is 1. The van der Waals surface area contributed by atoms with E-state index < -0.39 is 0 Å². The van der Waals surface area contributed by atoms with Crippen LogP contribution < -0.4 is 5.32 Å². The van der Waals surface area contributed by atoms with Gasteiger partial charge in [-0.3, -0.25) is 9.59 Å². The summed E-state index contributed by atoms with van der Waals surface area (Å²) < 4.78 is 0. The summed E-state index contributed by atoms with van der Waals surface area (Å²) in [6.45, 7) is 1.88. The third-order valence-electron chi connectivity index (χ3n) is 5.20. The van der Waals surface area contributed by atoms with Gasteiger partial charge in [0.05, 0.1) is 6.04 Å². The number of aryl methyl sites for hydroxylation is 1. The maximum Gasteiger partial charge on any atom is 0.268 e. The maximum atomic E-state index is 12.9. The van der Waals surface area contributed by atoms with Gasteiger partial charge in [0.15, 0.2) is 5.78 Å². The molecule has 0 saturated heterocycles. The lowest BCUT2D eigenvalue weighted by Crippen LogP contribution is -2.30. The normalized spacial score (nSPS) is 18.1. The smallest absolute Gasteiger partial charge is 0.268 e. The fourth-order valence-electron chi connectivity index (χ4n) is 3.78. The molecule has 2 aliphatic carbocycles. The quantitative estimate of drug-likeness (QED) is 0.901. The molecule has 0 bridgehead atoms. The van der Waals surface area contributed by atoms with Gasteiger partial charge in [-0.05, 0) is 49.7 Å². The first-order valence-electron chi connectivity index (χ1n) is 8.75. The molecule has 1 atom stereocenters. The second kappa shape index (κ2) is 5.93. The number of carbonyl (C=O) groups excluding carboxylic acids is 2. The largest absolute Gasteiger partial charge is 0.354 e. The Balaban J connectivity index is 1.61. The number of hydrogen-bond donors (Lipinski definition) is 2. The first-order chi connectivity index (χ1) is 11.6. The van der Waals surface area contributed by atoms with Crippen LogP contribution in [0.15, 0.2) is 30.3 Å². The van der Waals surface area contributed by atoms with E-state index >= 15 is 0 Å². The van der Waals surface area contributed by atoms with Crippen LogP contribution in [0, 0.1) is 12.8 Å². The minimum Gasteiger partial charge on any atom is -0.354 e. The lowest BCUT2D eigenvalue weighted by Gasteiger charge is -2.18. The van der Waals surface area contributed by atoms with Crippen LogP contribution in [0.1, 0.15) is 69.4 Å². The van der Waals surface area contributed by atoms with Gasteiger partial charge in [-0.2, -0.15) is 0 Å². The second-order valence-corrected chi connectivity index (χ2v) is 6.95. The number of benzene rings is 1. The molecule has 4 heteroatoms. The predicted octanol–water partition coefficient (Wildman–Crippen LogP) is 3.72. The molecule has 24 heavy (non-hydrogen) atoms. The lowest BCUT2D eigenvalue weighted by molar-refractivity contribution is 0.0926. The summed E-state index contributed by atoms with van der Waals surface area (Å²) in [6, 6.07) is 10.2. The van der Waals surface area contributed by atoms with E-state index in [9.17, 15) is 9.59 Å². The highest BCUT2D eigenvalue weighted by Gasteiger charge is 2.34. The number of nitrogens with one attached hydrogen (secondary N) is 2.